The Balaban J connectivity index is 1.85. The van der Waals surface area contributed by atoms with Crippen LogP contribution < -0.4 is 10.3 Å². The van der Waals surface area contributed by atoms with Crippen LogP contribution in [0.3, 0.4) is 0 Å². The van der Waals surface area contributed by atoms with Crippen molar-refractivity contribution in [2.75, 3.05) is 4.90 Å². The number of hydrogen-bond acceptors (Lipinski definition) is 4. The maximum atomic E-state index is 14.9. The molecule has 1 aliphatic rings. The molecule has 3 heterocycles. The molecule has 1 amide bonds. The molecule has 1 atom stereocenters. The molecule has 0 bridgehead atoms. The van der Waals surface area contributed by atoms with Crippen LogP contribution in [-0.2, 0) is 0 Å². The number of aromatic nitrogens is 1. The van der Waals surface area contributed by atoms with Crippen LogP contribution in [0.4, 0.5) is 10.2 Å². The van der Waals surface area contributed by atoms with Gasteiger partial charge in [-0.2, -0.15) is 0 Å². The number of amides is 1. The molecular weight excluding hydrogens is 395 g/mol. The van der Waals surface area contributed by atoms with Crippen molar-refractivity contribution in [3.8, 4) is 0 Å². The summed E-state index contributed by atoms with van der Waals surface area (Å²) >= 11 is 0. The molecule has 0 aliphatic carbocycles. The molecule has 0 radical (unpaired) electrons. The van der Waals surface area contributed by atoms with Gasteiger partial charge in [0, 0.05) is 11.8 Å². The lowest BCUT2D eigenvalue weighted by atomic mass is 9.97. The van der Waals surface area contributed by atoms with E-state index < -0.39 is 17.8 Å². The third-order valence-electron chi connectivity index (χ3n) is 5.83. The zero-order chi connectivity index (χ0) is 21.9. The van der Waals surface area contributed by atoms with E-state index in [2.05, 4.69) is 4.98 Å². The monoisotopic (exact) mass is 414 g/mol. The smallest absolute Gasteiger partial charge is 0.296 e. The molecule has 4 aromatic rings. The van der Waals surface area contributed by atoms with E-state index in [0.29, 0.717) is 16.8 Å². The average Bonchev–Trinajstić information content (AvgIpc) is 3.03. The summed E-state index contributed by atoms with van der Waals surface area (Å²) in [6.45, 7) is 5.70. The van der Waals surface area contributed by atoms with Crippen LogP contribution in [0.1, 0.15) is 44.4 Å². The number of pyridine rings is 1. The molecule has 154 valence electrons. The lowest BCUT2D eigenvalue weighted by Crippen LogP contribution is -2.30. The topological polar surface area (TPSA) is 63.4 Å². The Morgan fingerprint density at radius 2 is 1.74 bits per heavy atom. The molecule has 31 heavy (non-hydrogen) atoms. The molecule has 0 fully saturated rings. The van der Waals surface area contributed by atoms with Crippen LogP contribution in [0.15, 0.2) is 63.9 Å². The van der Waals surface area contributed by atoms with E-state index >= 15 is 0 Å². The predicted octanol–water partition coefficient (Wildman–Crippen LogP) is 5.00. The molecule has 2 aromatic heterocycles. The SMILES string of the molecule is Cc1ccc(N2C(=O)c3oc4cc(C)c(C)cc4c(=O)c3[C@@H]2c2ccccc2F)nc1. The van der Waals surface area contributed by atoms with Gasteiger partial charge in [0.1, 0.15) is 17.2 Å². The van der Waals surface area contributed by atoms with Crippen molar-refractivity contribution in [1.29, 1.82) is 0 Å². The van der Waals surface area contributed by atoms with Gasteiger partial charge in [-0.05, 0) is 61.7 Å². The Morgan fingerprint density at radius 1 is 1.00 bits per heavy atom. The van der Waals surface area contributed by atoms with E-state index in [4.69, 9.17) is 4.42 Å². The number of carbonyl (C=O) groups excluding carboxylic acids is 1. The van der Waals surface area contributed by atoms with E-state index in [-0.39, 0.29) is 22.3 Å². The number of benzene rings is 2. The van der Waals surface area contributed by atoms with Crippen LogP contribution in [0.2, 0.25) is 0 Å². The van der Waals surface area contributed by atoms with Crippen molar-refractivity contribution in [2.24, 2.45) is 0 Å². The van der Waals surface area contributed by atoms with Crippen molar-refractivity contribution < 1.29 is 13.6 Å². The van der Waals surface area contributed by atoms with Gasteiger partial charge in [-0.3, -0.25) is 14.5 Å². The number of anilines is 1. The van der Waals surface area contributed by atoms with Gasteiger partial charge in [-0.25, -0.2) is 9.37 Å². The maximum absolute atomic E-state index is 14.9. The molecule has 0 unspecified atom stereocenters. The zero-order valence-electron chi connectivity index (χ0n) is 17.3. The number of aryl methyl sites for hydroxylation is 3. The van der Waals surface area contributed by atoms with Gasteiger partial charge in [0.15, 0.2) is 5.43 Å². The third kappa shape index (κ3) is 2.86. The van der Waals surface area contributed by atoms with Crippen molar-refractivity contribution >= 4 is 22.7 Å². The molecule has 1 aliphatic heterocycles. The Hall–Kier alpha value is -3.80. The quantitative estimate of drug-likeness (QED) is 0.463. The zero-order valence-corrected chi connectivity index (χ0v) is 17.3. The highest BCUT2D eigenvalue weighted by atomic mass is 19.1. The van der Waals surface area contributed by atoms with Crippen LogP contribution in [0.25, 0.3) is 11.0 Å². The summed E-state index contributed by atoms with van der Waals surface area (Å²) in [6.07, 6.45) is 1.63. The first-order valence-corrected chi connectivity index (χ1v) is 9.95. The van der Waals surface area contributed by atoms with E-state index in [9.17, 15) is 14.0 Å². The van der Waals surface area contributed by atoms with Gasteiger partial charge in [0.05, 0.1) is 17.0 Å². The van der Waals surface area contributed by atoms with Gasteiger partial charge in [-0.1, -0.05) is 24.3 Å². The van der Waals surface area contributed by atoms with Gasteiger partial charge >= 0.3 is 0 Å². The molecule has 0 N–H and O–H groups in total. The van der Waals surface area contributed by atoms with Crippen LogP contribution >= 0.6 is 0 Å². The van der Waals surface area contributed by atoms with Gasteiger partial charge in [-0.15, -0.1) is 0 Å². The lowest BCUT2D eigenvalue weighted by Gasteiger charge is -2.24. The highest BCUT2D eigenvalue weighted by Crippen LogP contribution is 2.41. The molecule has 0 spiro atoms. The predicted molar refractivity (Wildman–Crippen MR) is 116 cm³/mol. The highest BCUT2D eigenvalue weighted by molar-refractivity contribution is 6.10. The summed E-state index contributed by atoms with van der Waals surface area (Å²) < 4.78 is 20.8. The number of rotatable bonds is 2. The van der Waals surface area contributed by atoms with E-state index in [1.807, 2.05) is 26.8 Å². The Labute approximate surface area is 177 Å². The average molecular weight is 414 g/mol. The summed E-state index contributed by atoms with van der Waals surface area (Å²) in [5, 5.41) is 0.370. The molecule has 2 aromatic carbocycles. The highest BCUT2D eigenvalue weighted by Gasteiger charge is 2.45. The molecule has 0 saturated carbocycles. The second-order valence-corrected chi connectivity index (χ2v) is 7.90. The van der Waals surface area contributed by atoms with Gasteiger partial charge in [0.2, 0.25) is 5.76 Å². The number of hydrogen-bond donors (Lipinski definition) is 0. The first-order valence-electron chi connectivity index (χ1n) is 9.95. The minimum Gasteiger partial charge on any atom is -0.450 e. The van der Waals surface area contributed by atoms with Crippen molar-refractivity contribution in [2.45, 2.75) is 26.8 Å². The summed E-state index contributed by atoms with van der Waals surface area (Å²) in [4.78, 5) is 32.7. The number of fused-ring (bicyclic) bond motifs is 2. The summed E-state index contributed by atoms with van der Waals surface area (Å²) in [5.74, 6) is -0.774. The second kappa shape index (κ2) is 6.87. The van der Waals surface area contributed by atoms with E-state index in [1.165, 1.54) is 11.0 Å². The normalized spacial score (nSPS) is 15.5. The largest absolute Gasteiger partial charge is 0.450 e. The molecule has 6 heteroatoms. The molecule has 0 saturated heterocycles. The fourth-order valence-corrected chi connectivity index (χ4v) is 4.06. The second-order valence-electron chi connectivity index (χ2n) is 7.90. The molecule has 5 nitrogen and oxygen atoms in total. The number of halogens is 1. The van der Waals surface area contributed by atoms with Crippen molar-refractivity contribution in [3.63, 3.8) is 0 Å². The summed E-state index contributed by atoms with van der Waals surface area (Å²) in [5.41, 5.74) is 3.15. The maximum Gasteiger partial charge on any atom is 0.296 e. The van der Waals surface area contributed by atoms with Crippen LogP contribution in [0.5, 0.6) is 0 Å². The minimum absolute atomic E-state index is 0.0728. The molecule has 5 rings (SSSR count). The Morgan fingerprint density at radius 3 is 2.45 bits per heavy atom. The van der Waals surface area contributed by atoms with Gasteiger partial charge in [0.25, 0.3) is 5.91 Å². The van der Waals surface area contributed by atoms with Crippen LogP contribution in [-0.4, -0.2) is 10.9 Å². The fourth-order valence-electron chi connectivity index (χ4n) is 4.06. The summed E-state index contributed by atoms with van der Waals surface area (Å²) in [7, 11) is 0. The standard InChI is InChI=1S/C25H19FN2O3/c1-13-8-9-20(27-12-13)28-22(16-6-4-5-7-18(16)26)21-23(29)17-10-14(2)15(3)11-19(17)31-24(21)25(28)30/h4-12,22H,1-3H3/t22-/m0/s1. The minimum atomic E-state index is -0.971. The van der Waals surface area contributed by atoms with E-state index in [1.54, 1.807) is 42.6 Å². The first-order chi connectivity index (χ1) is 14.9. The fraction of sp³-hybridized carbons (Fsp3) is 0.160. The molecular formula is C25H19FN2O3. The van der Waals surface area contributed by atoms with E-state index in [0.717, 1.165) is 16.7 Å². The summed E-state index contributed by atoms with van der Waals surface area (Å²) in [6, 6.07) is 12.2. The van der Waals surface area contributed by atoms with Gasteiger partial charge < -0.3 is 4.42 Å². The van der Waals surface area contributed by atoms with Crippen molar-refractivity contribution in [1.82, 2.24) is 4.98 Å². The Bertz CT molecular complexity index is 1420. The number of carbonyl (C=O) groups is 1. The third-order valence-corrected chi connectivity index (χ3v) is 5.83. The van der Waals surface area contributed by atoms with Crippen molar-refractivity contribution in [3.05, 3.63) is 104 Å². The first kappa shape index (κ1) is 19.2. The Kier molecular flexibility index (Phi) is 4.25. The lowest BCUT2D eigenvalue weighted by molar-refractivity contribution is 0.0970. The van der Waals surface area contributed by atoms with Crippen LogP contribution in [0, 0.1) is 26.6 Å². The number of nitrogens with zero attached hydrogens (tertiary/aromatic N) is 2.